The topological polar surface area (TPSA) is 9.23 Å². The quantitative estimate of drug-likeness (QED) is 0.707. The highest BCUT2D eigenvalue weighted by molar-refractivity contribution is 5.33. The summed E-state index contributed by atoms with van der Waals surface area (Å²) in [5, 5.41) is 0. The molecular formula is C13H20O. The van der Waals surface area contributed by atoms with E-state index in [9.17, 15) is 0 Å². The zero-order chi connectivity index (χ0) is 10.6. The maximum Gasteiger partial charge on any atom is 0.123 e. The minimum atomic E-state index is -0.107. The summed E-state index contributed by atoms with van der Waals surface area (Å²) in [5.41, 5.74) is 1.20. The summed E-state index contributed by atoms with van der Waals surface area (Å²) in [6.45, 7) is 8.43. The molecule has 78 valence electrons. The van der Waals surface area contributed by atoms with Crippen LogP contribution in [0.4, 0.5) is 0 Å². The van der Waals surface area contributed by atoms with Crippen LogP contribution in [0, 0.1) is 0 Å². The first-order chi connectivity index (χ1) is 6.53. The van der Waals surface area contributed by atoms with Gasteiger partial charge in [0.2, 0.25) is 0 Å². The molecule has 1 aromatic rings. The first kappa shape index (κ1) is 11.1. The van der Waals surface area contributed by atoms with Gasteiger partial charge in [-0.2, -0.15) is 0 Å². The van der Waals surface area contributed by atoms with Crippen molar-refractivity contribution in [3.05, 3.63) is 29.8 Å². The molecule has 0 saturated carbocycles. The Morgan fingerprint density at radius 3 is 2.36 bits per heavy atom. The zero-order valence-corrected chi connectivity index (χ0v) is 9.63. The molecule has 1 rings (SSSR count). The van der Waals surface area contributed by atoms with Crippen LogP contribution < -0.4 is 4.74 Å². The molecule has 1 aromatic carbocycles. The number of para-hydroxylation sites is 1. The van der Waals surface area contributed by atoms with E-state index < -0.39 is 0 Å². The Labute approximate surface area is 87.1 Å². The van der Waals surface area contributed by atoms with E-state index in [0.29, 0.717) is 0 Å². The normalized spacial score (nSPS) is 11.4. The molecule has 0 atom stereocenters. The molecule has 0 unspecified atom stereocenters. The van der Waals surface area contributed by atoms with E-state index in [1.165, 1.54) is 5.56 Å². The molecule has 0 fully saturated rings. The van der Waals surface area contributed by atoms with Gasteiger partial charge in [-0.25, -0.2) is 0 Å². The Bertz CT molecular complexity index is 284. The summed E-state index contributed by atoms with van der Waals surface area (Å²) in [4.78, 5) is 0. The lowest BCUT2D eigenvalue weighted by molar-refractivity contribution is 0.129. The molecule has 0 aliphatic rings. The van der Waals surface area contributed by atoms with Crippen LogP contribution in [-0.2, 0) is 6.42 Å². The van der Waals surface area contributed by atoms with Gasteiger partial charge in [0, 0.05) is 0 Å². The number of benzene rings is 1. The third-order valence-corrected chi connectivity index (χ3v) is 1.91. The Hall–Kier alpha value is -0.980. The average Bonchev–Trinajstić information content (AvgIpc) is 2.06. The molecule has 0 saturated heterocycles. The van der Waals surface area contributed by atoms with Crippen molar-refractivity contribution >= 4 is 0 Å². The molecule has 0 radical (unpaired) electrons. The van der Waals surface area contributed by atoms with Crippen molar-refractivity contribution < 1.29 is 4.74 Å². The predicted molar refractivity (Wildman–Crippen MR) is 60.8 cm³/mol. The molecular weight excluding hydrogens is 172 g/mol. The van der Waals surface area contributed by atoms with Crippen molar-refractivity contribution in [1.29, 1.82) is 0 Å². The second kappa shape index (κ2) is 4.50. The molecule has 1 heteroatoms. The number of hydrogen-bond acceptors (Lipinski definition) is 1. The minimum Gasteiger partial charge on any atom is -0.488 e. The second-order valence-electron chi connectivity index (χ2n) is 4.57. The van der Waals surface area contributed by atoms with E-state index in [-0.39, 0.29) is 5.60 Å². The van der Waals surface area contributed by atoms with E-state index in [0.717, 1.165) is 18.6 Å². The predicted octanol–water partition coefficient (Wildman–Crippen LogP) is 3.82. The smallest absolute Gasteiger partial charge is 0.123 e. The first-order valence-corrected chi connectivity index (χ1v) is 5.30. The van der Waals surface area contributed by atoms with Crippen molar-refractivity contribution in [2.75, 3.05) is 0 Å². The van der Waals surface area contributed by atoms with E-state index in [1.54, 1.807) is 0 Å². The molecule has 0 spiro atoms. The highest BCUT2D eigenvalue weighted by Gasteiger charge is 2.13. The minimum absolute atomic E-state index is 0.107. The number of rotatable bonds is 3. The van der Waals surface area contributed by atoms with E-state index in [2.05, 4.69) is 45.9 Å². The summed E-state index contributed by atoms with van der Waals surface area (Å²) in [6, 6.07) is 8.29. The third kappa shape index (κ3) is 3.41. The lowest BCUT2D eigenvalue weighted by atomic mass is 10.1. The van der Waals surface area contributed by atoms with Gasteiger partial charge < -0.3 is 4.74 Å². The molecule has 0 aliphatic heterocycles. The Morgan fingerprint density at radius 2 is 1.79 bits per heavy atom. The Morgan fingerprint density at radius 1 is 1.14 bits per heavy atom. The standard InChI is InChI=1S/C13H20O/c1-5-8-11-9-6-7-10-12(11)14-13(2,3)4/h6-7,9-10H,5,8H2,1-4H3. The van der Waals surface area contributed by atoms with Crippen LogP contribution in [0.15, 0.2) is 24.3 Å². The molecule has 0 N–H and O–H groups in total. The highest BCUT2D eigenvalue weighted by atomic mass is 16.5. The maximum atomic E-state index is 5.89. The van der Waals surface area contributed by atoms with Gasteiger partial charge in [-0.15, -0.1) is 0 Å². The Balaban J connectivity index is 2.84. The summed E-state index contributed by atoms with van der Waals surface area (Å²) in [5.74, 6) is 1.03. The van der Waals surface area contributed by atoms with Crippen molar-refractivity contribution in [2.45, 2.75) is 46.1 Å². The molecule has 1 nitrogen and oxygen atoms in total. The van der Waals surface area contributed by atoms with Gasteiger partial charge in [-0.3, -0.25) is 0 Å². The highest BCUT2D eigenvalue weighted by Crippen LogP contribution is 2.23. The molecule has 0 amide bonds. The number of ether oxygens (including phenoxy) is 1. The number of hydrogen-bond donors (Lipinski definition) is 0. The van der Waals surface area contributed by atoms with Gasteiger partial charge in [0.1, 0.15) is 11.4 Å². The van der Waals surface area contributed by atoms with E-state index in [1.807, 2.05) is 6.07 Å². The second-order valence-corrected chi connectivity index (χ2v) is 4.57. The van der Waals surface area contributed by atoms with Gasteiger partial charge in [0.25, 0.3) is 0 Å². The molecule has 0 bridgehead atoms. The van der Waals surface area contributed by atoms with Crippen LogP contribution in [0.3, 0.4) is 0 Å². The average molecular weight is 192 g/mol. The van der Waals surface area contributed by atoms with Crippen LogP contribution in [-0.4, -0.2) is 5.60 Å². The molecule has 14 heavy (non-hydrogen) atoms. The summed E-state index contributed by atoms with van der Waals surface area (Å²) in [6.07, 6.45) is 2.25. The fourth-order valence-electron chi connectivity index (χ4n) is 1.41. The first-order valence-electron chi connectivity index (χ1n) is 5.30. The summed E-state index contributed by atoms with van der Waals surface area (Å²) >= 11 is 0. The van der Waals surface area contributed by atoms with Crippen LogP contribution >= 0.6 is 0 Å². The number of aryl methyl sites for hydroxylation is 1. The van der Waals surface area contributed by atoms with Gasteiger partial charge in [0.15, 0.2) is 0 Å². The molecule has 0 aromatic heterocycles. The van der Waals surface area contributed by atoms with Crippen LogP contribution in [0.2, 0.25) is 0 Å². The lowest BCUT2D eigenvalue weighted by Gasteiger charge is -2.23. The Kier molecular flexibility index (Phi) is 3.56. The van der Waals surface area contributed by atoms with Crippen LogP contribution in [0.1, 0.15) is 39.7 Å². The van der Waals surface area contributed by atoms with E-state index in [4.69, 9.17) is 4.74 Å². The van der Waals surface area contributed by atoms with Gasteiger partial charge >= 0.3 is 0 Å². The van der Waals surface area contributed by atoms with Crippen molar-refractivity contribution in [1.82, 2.24) is 0 Å². The SMILES string of the molecule is CCCc1ccccc1OC(C)(C)C. The monoisotopic (exact) mass is 192 g/mol. The maximum absolute atomic E-state index is 5.89. The third-order valence-electron chi connectivity index (χ3n) is 1.91. The fraction of sp³-hybridized carbons (Fsp3) is 0.538. The zero-order valence-electron chi connectivity index (χ0n) is 9.63. The lowest BCUT2D eigenvalue weighted by Crippen LogP contribution is -2.23. The molecule has 0 aliphatic carbocycles. The van der Waals surface area contributed by atoms with Gasteiger partial charge in [-0.1, -0.05) is 31.5 Å². The van der Waals surface area contributed by atoms with Crippen LogP contribution in [0.5, 0.6) is 5.75 Å². The van der Waals surface area contributed by atoms with Gasteiger partial charge in [0.05, 0.1) is 0 Å². The van der Waals surface area contributed by atoms with Crippen molar-refractivity contribution in [2.24, 2.45) is 0 Å². The summed E-state index contributed by atoms with van der Waals surface area (Å²) in [7, 11) is 0. The molecule has 0 heterocycles. The van der Waals surface area contributed by atoms with Gasteiger partial charge in [-0.05, 0) is 38.8 Å². The fourth-order valence-corrected chi connectivity index (χ4v) is 1.41. The summed E-state index contributed by atoms with van der Waals surface area (Å²) < 4.78 is 5.89. The van der Waals surface area contributed by atoms with Crippen molar-refractivity contribution in [3.8, 4) is 5.75 Å². The van der Waals surface area contributed by atoms with Crippen LogP contribution in [0.25, 0.3) is 0 Å². The largest absolute Gasteiger partial charge is 0.488 e. The van der Waals surface area contributed by atoms with Crippen molar-refractivity contribution in [3.63, 3.8) is 0 Å². The van der Waals surface area contributed by atoms with E-state index >= 15 is 0 Å².